The van der Waals surface area contributed by atoms with Gasteiger partial charge in [-0.1, -0.05) is 19.1 Å². The number of hydrogen-bond acceptors (Lipinski definition) is 9. The normalized spacial score (nSPS) is 12.9. The number of ether oxygens (including phenoxy) is 3. The molecule has 0 aliphatic heterocycles. The SMILES string of the molecule is COCCn1ncc2cc(Nc3nc(N[C@H](c4ccc(OC)cc4)[C@H](C)CC(=O)OC(C)(C)C)c(F)cc3C(N)=O)ccc21. The lowest BCUT2D eigenvalue weighted by molar-refractivity contribution is -0.155. The number of anilines is 3. The van der Waals surface area contributed by atoms with E-state index >= 15 is 4.39 Å². The molecule has 0 aliphatic carbocycles. The van der Waals surface area contributed by atoms with Crippen LogP contribution in [0.2, 0.25) is 0 Å². The number of benzene rings is 2. The van der Waals surface area contributed by atoms with Crippen molar-refractivity contribution in [2.75, 3.05) is 31.5 Å². The number of nitrogens with one attached hydrogen (secondary N) is 2. The molecule has 2 aromatic carbocycles. The van der Waals surface area contributed by atoms with Crippen molar-refractivity contribution < 1.29 is 28.2 Å². The first-order valence-electron chi connectivity index (χ1n) is 14.2. The van der Waals surface area contributed by atoms with Crippen LogP contribution in [0.25, 0.3) is 10.9 Å². The molecule has 2 aromatic heterocycles. The van der Waals surface area contributed by atoms with Crippen molar-refractivity contribution in [2.24, 2.45) is 11.7 Å². The van der Waals surface area contributed by atoms with E-state index in [1.807, 2.05) is 35.9 Å². The molecule has 0 radical (unpaired) electrons. The smallest absolute Gasteiger partial charge is 0.306 e. The van der Waals surface area contributed by atoms with Gasteiger partial charge < -0.3 is 30.6 Å². The summed E-state index contributed by atoms with van der Waals surface area (Å²) in [4.78, 5) is 29.5. The molecule has 0 aliphatic rings. The number of fused-ring (bicyclic) bond motifs is 1. The van der Waals surface area contributed by atoms with Crippen LogP contribution in [-0.4, -0.2) is 53.1 Å². The highest BCUT2D eigenvalue weighted by molar-refractivity contribution is 5.99. The van der Waals surface area contributed by atoms with Crippen molar-refractivity contribution in [1.29, 1.82) is 0 Å². The number of nitrogens with zero attached hydrogens (tertiary/aromatic N) is 3. The van der Waals surface area contributed by atoms with Gasteiger partial charge in [-0.15, -0.1) is 0 Å². The molecule has 4 N–H and O–H groups in total. The molecule has 0 fully saturated rings. The van der Waals surface area contributed by atoms with Crippen LogP contribution >= 0.6 is 0 Å². The van der Waals surface area contributed by atoms with Crippen molar-refractivity contribution in [3.8, 4) is 5.75 Å². The van der Waals surface area contributed by atoms with Crippen LogP contribution in [0, 0.1) is 11.7 Å². The number of carbonyl (C=O) groups excluding carboxylic acids is 2. The number of nitrogens with two attached hydrogens (primary N) is 1. The third-order valence-corrected chi connectivity index (χ3v) is 6.90. The fourth-order valence-corrected chi connectivity index (χ4v) is 4.81. The second-order valence-electron chi connectivity index (χ2n) is 11.5. The number of methoxy groups -OCH3 is 2. The number of rotatable bonds is 13. The molecule has 11 nitrogen and oxygen atoms in total. The molecule has 12 heteroatoms. The van der Waals surface area contributed by atoms with Crippen molar-refractivity contribution in [1.82, 2.24) is 14.8 Å². The summed E-state index contributed by atoms with van der Waals surface area (Å²) in [6.07, 6.45) is 1.78. The van der Waals surface area contributed by atoms with Gasteiger partial charge >= 0.3 is 5.97 Å². The Balaban J connectivity index is 1.67. The summed E-state index contributed by atoms with van der Waals surface area (Å²) in [7, 11) is 3.19. The summed E-state index contributed by atoms with van der Waals surface area (Å²) in [5.41, 5.74) is 7.11. The van der Waals surface area contributed by atoms with E-state index in [0.29, 0.717) is 24.6 Å². The summed E-state index contributed by atoms with van der Waals surface area (Å²) in [6.45, 7) is 8.37. The van der Waals surface area contributed by atoms with Gasteiger partial charge in [-0.25, -0.2) is 9.37 Å². The molecule has 4 rings (SSSR count). The maximum atomic E-state index is 15.5. The molecule has 4 aromatic rings. The minimum absolute atomic E-state index is 0.0607. The van der Waals surface area contributed by atoms with Gasteiger partial charge in [-0.3, -0.25) is 14.3 Å². The highest BCUT2D eigenvalue weighted by Gasteiger charge is 2.27. The van der Waals surface area contributed by atoms with Gasteiger partial charge in [0.15, 0.2) is 11.6 Å². The van der Waals surface area contributed by atoms with Crippen molar-refractivity contribution >= 4 is 40.1 Å². The number of pyridine rings is 1. The topological polar surface area (TPSA) is 143 Å². The molecule has 0 saturated carbocycles. The molecule has 2 atom stereocenters. The van der Waals surface area contributed by atoms with Crippen LogP contribution in [0.4, 0.5) is 21.7 Å². The predicted molar refractivity (Wildman–Crippen MR) is 167 cm³/mol. The van der Waals surface area contributed by atoms with E-state index in [2.05, 4.69) is 20.7 Å². The van der Waals surface area contributed by atoms with Crippen LogP contribution in [-0.2, 0) is 20.8 Å². The van der Waals surface area contributed by atoms with Gasteiger partial charge in [0, 0.05) is 18.2 Å². The van der Waals surface area contributed by atoms with Gasteiger partial charge in [0.05, 0.1) is 50.0 Å². The van der Waals surface area contributed by atoms with Crippen molar-refractivity contribution in [3.05, 3.63) is 71.7 Å². The second-order valence-corrected chi connectivity index (χ2v) is 11.5. The minimum Gasteiger partial charge on any atom is -0.497 e. The lowest BCUT2D eigenvalue weighted by Crippen LogP contribution is -2.28. The lowest BCUT2D eigenvalue weighted by atomic mass is 9.91. The Hall–Kier alpha value is -4.71. The summed E-state index contributed by atoms with van der Waals surface area (Å²) in [5, 5.41) is 11.5. The molecule has 0 saturated heterocycles. The quantitative estimate of drug-likeness (QED) is 0.166. The zero-order valence-electron chi connectivity index (χ0n) is 25.8. The monoisotopic (exact) mass is 606 g/mol. The number of esters is 1. The summed E-state index contributed by atoms with van der Waals surface area (Å²) in [6, 6.07) is 13.2. The molecule has 0 spiro atoms. The zero-order valence-corrected chi connectivity index (χ0v) is 25.8. The van der Waals surface area contributed by atoms with E-state index in [1.54, 1.807) is 59.4 Å². The molecule has 2 heterocycles. The van der Waals surface area contributed by atoms with E-state index < -0.39 is 23.4 Å². The molecule has 44 heavy (non-hydrogen) atoms. The third kappa shape index (κ3) is 8.01. The molecule has 234 valence electrons. The molecular weight excluding hydrogens is 567 g/mol. The van der Waals surface area contributed by atoms with Crippen LogP contribution < -0.4 is 21.1 Å². The van der Waals surface area contributed by atoms with E-state index in [-0.39, 0.29) is 35.5 Å². The largest absolute Gasteiger partial charge is 0.497 e. The molecule has 1 amide bonds. The number of amides is 1. The Bertz CT molecular complexity index is 1620. The Morgan fingerprint density at radius 1 is 1.07 bits per heavy atom. The number of carbonyl (C=O) groups is 2. The average molecular weight is 607 g/mol. The van der Waals surface area contributed by atoms with E-state index in [4.69, 9.17) is 19.9 Å². The van der Waals surface area contributed by atoms with E-state index in [1.165, 1.54) is 0 Å². The molecule has 0 bridgehead atoms. The fraction of sp³-hybridized carbons (Fsp3) is 0.375. The van der Waals surface area contributed by atoms with Gasteiger partial charge in [0.2, 0.25) is 0 Å². The zero-order chi connectivity index (χ0) is 32.0. The maximum Gasteiger partial charge on any atom is 0.306 e. The summed E-state index contributed by atoms with van der Waals surface area (Å²) in [5.74, 6) is -1.75. The van der Waals surface area contributed by atoms with Gasteiger partial charge in [0.1, 0.15) is 17.2 Å². The highest BCUT2D eigenvalue weighted by atomic mass is 19.1. The Labute approximate surface area is 255 Å². The first-order valence-corrected chi connectivity index (χ1v) is 14.2. The minimum atomic E-state index is -0.844. The van der Waals surface area contributed by atoms with Gasteiger partial charge in [-0.2, -0.15) is 5.10 Å². The standard InChI is InChI=1S/C32H39FN6O5/c1-19(15-27(40)44-32(2,3)4)28(20-7-10-23(43-6)11-8-20)37-31-25(33)17-24(29(34)41)30(38-31)36-22-9-12-26-21(16-22)18-35-39(26)13-14-42-5/h7-12,16-19,28H,13-15H2,1-6H3,(H2,34,41)(H2,36,37,38)/t19-,28+/m1/s1. The Morgan fingerprint density at radius 3 is 2.43 bits per heavy atom. The van der Waals surface area contributed by atoms with Crippen LogP contribution in [0.5, 0.6) is 5.75 Å². The number of hydrogen-bond donors (Lipinski definition) is 3. The third-order valence-electron chi connectivity index (χ3n) is 6.90. The number of halogens is 1. The first kappa shape index (κ1) is 32.2. The van der Waals surface area contributed by atoms with Gasteiger partial charge in [-0.05, 0) is 68.7 Å². The van der Waals surface area contributed by atoms with E-state index in [0.717, 1.165) is 22.5 Å². The van der Waals surface area contributed by atoms with Crippen LogP contribution in [0.1, 0.15) is 56.1 Å². The first-order chi connectivity index (χ1) is 20.9. The van der Waals surface area contributed by atoms with Crippen molar-refractivity contribution in [2.45, 2.75) is 52.3 Å². The Morgan fingerprint density at radius 2 is 1.80 bits per heavy atom. The second kappa shape index (κ2) is 13.7. The Kier molecular flexibility index (Phi) is 10.0. The van der Waals surface area contributed by atoms with Crippen molar-refractivity contribution in [3.63, 3.8) is 0 Å². The predicted octanol–water partition coefficient (Wildman–Crippen LogP) is 5.59. The van der Waals surface area contributed by atoms with E-state index in [9.17, 15) is 9.59 Å². The fourth-order valence-electron chi connectivity index (χ4n) is 4.81. The van der Waals surface area contributed by atoms with Gasteiger partial charge in [0.25, 0.3) is 5.91 Å². The number of aromatic nitrogens is 3. The summed E-state index contributed by atoms with van der Waals surface area (Å²) >= 11 is 0. The number of primary amides is 1. The highest BCUT2D eigenvalue weighted by Crippen LogP contribution is 2.33. The van der Waals surface area contributed by atoms with Crippen LogP contribution in [0.15, 0.2) is 54.7 Å². The summed E-state index contributed by atoms with van der Waals surface area (Å²) < 4.78 is 33.3. The lowest BCUT2D eigenvalue weighted by Gasteiger charge is -2.28. The van der Waals surface area contributed by atoms with Crippen LogP contribution in [0.3, 0.4) is 0 Å². The maximum absolute atomic E-state index is 15.5. The molecule has 0 unspecified atom stereocenters. The molecular formula is C32H39FN6O5. The average Bonchev–Trinajstić information content (AvgIpc) is 3.36.